The summed E-state index contributed by atoms with van der Waals surface area (Å²) in [5, 5.41) is 8.79. The maximum absolute atomic E-state index is 12.1. The fraction of sp³-hybridized carbons (Fsp3) is 0.500. The van der Waals surface area contributed by atoms with E-state index in [1.807, 2.05) is 18.7 Å². The summed E-state index contributed by atoms with van der Waals surface area (Å²) in [4.78, 5) is 2.35. The van der Waals surface area contributed by atoms with Gasteiger partial charge in [0.05, 0.1) is 22.6 Å². The van der Waals surface area contributed by atoms with Crippen molar-refractivity contribution in [3.8, 4) is 6.07 Å². The topological polar surface area (TPSA) is 61.2 Å². The normalized spacial score (nSPS) is 13.2. The van der Waals surface area contributed by atoms with E-state index in [0.717, 1.165) is 6.54 Å². The van der Waals surface area contributed by atoms with Gasteiger partial charge in [-0.3, -0.25) is 0 Å². The maximum Gasteiger partial charge on any atom is 0.179 e. The van der Waals surface area contributed by atoms with E-state index in [1.54, 1.807) is 30.3 Å². The molecule has 0 aliphatic rings. The number of rotatable bonds is 7. The highest BCUT2D eigenvalue weighted by Crippen LogP contribution is 2.10. The number of hydrogen-bond donors (Lipinski definition) is 0. The fourth-order valence-electron chi connectivity index (χ4n) is 1.80. The van der Waals surface area contributed by atoms with Crippen molar-refractivity contribution in [2.24, 2.45) is 5.92 Å². The molecule has 0 aliphatic heterocycles. The van der Waals surface area contributed by atoms with E-state index in [1.165, 1.54) is 0 Å². The standard InChI is InChI=1S/C14H20N2O2S/c1-3-16(12-13(2)11-15)9-10-19(17,18)14-7-5-4-6-8-14/h4-8,13H,3,9-10,12H2,1-2H3. The van der Waals surface area contributed by atoms with Crippen molar-refractivity contribution < 1.29 is 8.42 Å². The van der Waals surface area contributed by atoms with Crippen molar-refractivity contribution in [2.75, 3.05) is 25.4 Å². The van der Waals surface area contributed by atoms with Crippen molar-refractivity contribution in [3.05, 3.63) is 30.3 Å². The smallest absolute Gasteiger partial charge is 0.179 e. The van der Waals surface area contributed by atoms with E-state index >= 15 is 0 Å². The SMILES string of the molecule is CCN(CCS(=O)(=O)c1ccccc1)CC(C)C#N. The van der Waals surface area contributed by atoms with E-state index in [-0.39, 0.29) is 11.7 Å². The van der Waals surface area contributed by atoms with Crippen LogP contribution in [0.1, 0.15) is 13.8 Å². The molecular formula is C14H20N2O2S. The van der Waals surface area contributed by atoms with E-state index in [9.17, 15) is 8.42 Å². The molecule has 1 aromatic rings. The van der Waals surface area contributed by atoms with Gasteiger partial charge in [-0.15, -0.1) is 0 Å². The summed E-state index contributed by atoms with van der Waals surface area (Å²) in [6.07, 6.45) is 0. The van der Waals surface area contributed by atoms with Crippen LogP contribution in [0, 0.1) is 17.2 Å². The lowest BCUT2D eigenvalue weighted by Gasteiger charge is -2.21. The van der Waals surface area contributed by atoms with Gasteiger partial charge in [-0.1, -0.05) is 25.1 Å². The summed E-state index contributed by atoms with van der Waals surface area (Å²) in [6.45, 7) is 5.63. The number of nitrogens with zero attached hydrogens (tertiary/aromatic N) is 2. The lowest BCUT2D eigenvalue weighted by molar-refractivity contribution is 0.283. The van der Waals surface area contributed by atoms with Crippen molar-refractivity contribution in [2.45, 2.75) is 18.7 Å². The van der Waals surface area contributed by atoms with Crippen molar-refractivity contribution >= 4 is 9.84 Å². The van der Waals surface area contributed by atoms with E-state index < -0.39 is 9.84 Å². The minimum Gasteiger partial charge on any atom is -0.301 e. The van der Waals surface area contributed by atoms with E-state index in [4.69, 9.17) is 5.26 Å². The molecule has 0 spiro atoms. The predicted molar refractivity (Wildman–Crippen MR) is 75.4 cm³/mol. The molecule has 0 aliphatic carbocycles. The van der Waals surface area contributed by atoms with Gasteiger partial charge in [-0.25, -0.2) is 8.42 Å². The van der Waals surface area contributed by atoms with E-state index in [2.05, 4.69) is 6.07 Å². The first kappa shape index (κ1) is 15.7. The second-order valence-corrected chi connectivity index (χ2v) is 6.66. The Bertz CT molecular complexity index is 520. The second kappa shape index (κ2) is 7.27. The van der Waals surface area contributed by atoms with Gasteiger partial charge in [0.25, 0.3) is 0 Å². The van der Waals surface area contributed by atoms with Gasteiger partial charge in [0, 0.05) is 13.1 Å². The number of benzene rings is 1. The third kappa shape index (κ3) is 5.01. The molecule has 0 amide bonds. The molecule has 0 aromatic heterocycles. The molecule has 1 atom stereocenters. The molecule has 0 heterocycles. The van der Waals surface area contributed by atoms with Crippen LogP contribution in [0.5, 0.6) is 0 Å². The molecule has 0 fully saturated rings. The quantitative estimate of drug-likeness (QED) is 0.766. The van der Waals surface area contributed by atoms with Crippen LogP contribution in [-0.2, 0) is 9.84 Å². The lowest BCUT2D eigenvalue weighted by Crippen LogP contribution is -2.32. The van der Waals surface area contributed by atoms with Crippen LogP contribution in [0.25, 0.3) is 0 Å². The highest BCUT2D eigenvalue weighted by Gasteiger charge is 2.16. The Morgan fingerprint density at radius 2 is 1.95 bits per heavy atom. The molecule has 1 unspecified atom stereocenters. The third-order valence-electron chi connectivity index (χ3n) is 2.98. The molecule has 1 rings (SSSR count). The fourth-order valence-corrected chi connectivity index (χ4v) is 3.11. The zero-order chi connectivity index (χ0) is 14.3. The summed E-state index contributed by atoms with van der Waals surface area (Å²) in [6, 6.07) is 10.6. The molecule has 0 saturated carbocycles. The number of hydrogen-bond acceptors (Lipinski definition) is 4. The van der Waals surface area contributed by atoms with Crippen LogP contribution < -0.4 is 0 Å². The molecule has 0 N–H and O–H groups in total. The van der Waals surface area contributed by atoms with Gasteiger partial charge in [0.2, 0.25) is 0 Å². The summed E-state index contributed by atoms with van der Waals surface area (Å²) in [5.41, 5.74) is 0. The predicted octanol–water partition coefficient (Wildman–Crippen LogP) is 1.94. The van der Waals surface area contributed by atoms with Gasteiger partial charge < -0.3 is 4.90 Å². The Kier molecular flexibility index (Phi) is 6.00. The molecule has 0 saturated heterocycles. The van der Waals surface area contributed by atoms with E-state index in [0.29, 0.717) is 18.0 Å². The zero-order valence-electron chi connectivity index (χ0n) is 11.4. The molecular weight excluding hydrogens is 260 g/mol. The van der Waals surface area contributed by atoms with Crippen LogP contribution in [-0.4, -0.2) is 38.7 Å². The highest BCUT2D eigenvalue weighted by molar-refractivity contribution is 7.91. The van der Waals surface area contributed by atoms with Crippen LogP contribution in [0.15, 0.2) is 35.2 Å². The zero-order valence-corrected chi connectivity index (χ0v) is 12.2. The Hall–Kier alpha value is -1.38. The Labute approximate surface area is 115 Å². The van der Waals surface area contributed by atoms with Crippen LogP contribution in [0.3, 0.4) is 0 Å². The van der Waals surface area contributed by atoms with Gasteiger partial charge in [0.15, 0.2) is 9.84 Å². The second-order valence-electron chi connectivity index (χ2n) is 4.56. The molecule has 0 bridgehead atoms. The number of sulfone groups is 1. The first-order valence-corrected chi connectivity index (χ1v) is 8.04. The largest absolute Gasteiger partial charge is 0.301 e. The Morgan fingerprint density at radius 1 is 1.32 bits per heavy atom. The van der Waals surface area contributed by atoms with Gasteiger partial charge in [-0.05, 0) is 25.6 Å². The Balaban J connectivity index is 2.62. The summed E-state index contributed by atoms with van der Waals surface area (Å²) in [5.74, 6) is 0.00240. The average molecular weight is 280 g/mol. The minimum absolute atomic E-state index is 0.0839. The maximum atomic E-state index is 12.1. The first-order chi connectivity index (χ1) is 8.99. The monoisotopic (exact) mass is 280 g/mol. The van der Waals surface area contributed by atoms with Gasteiger partial charge in [-0.2, -0.15) is 5.26 Å². The van der Waals surface area contributed by atoms with Gasteiger partial charge >= 0.3 is 0 Å². The van der Waals surface area contributed by atoms with Crippen LogP contribution in [0.4, 0.5) is 0 Å². The summed E-state index contributed by atoms with van der Waals surface area (Å²) >= 11 is 0. The van der Waals surface area contributed by atoms with Crippen molar-refractivity contribution in [1.82, 2.24) is 4.90 Å². The summed E-state index contributed by atoms with van der Waals surface area (Å²) in [7, 11) is -3.23. The van der Waals surface area contributed by atoms with Crippen LogP contribution >= 0.6 is 0 Å². The third-order valence-corrected chi connectivity index (χ3v) is 4.69. The lowest BCUT2D eigenvalue weighted by atomic mass is 10.2. The molecule has 19 heavy (non-hydrogen) atoms. The molecule has 0 radical (unpaired) electrons. The molecule has 4 nitrogen and oxygen atoms in total. The van der Waals surface area contributed by atoms with Crippen molar-refractivity contribution in [1.29, 1.82) is 5.26 Å². The van der Waals surface area contributed by atoms with Gasteiger partial charge in [0.1, 0.15) is 0 Å². The molecule has 5 heteroatoms. The number of nitriles is 1. The average Bonchev–Trinajstić information content (AvgIpc) is 2.44. The molecule has 104 valence electrons. The van der Waals surface area contributed by atoms with Crippen molar-refractivity contribution in [3.63, 3.8) is 0 Å². The molecule has 1 aromatic carbocycles. The first-order valence-electron chi connectivity index (χ1n) is 6.39. The van der Waals surface area contributed by atoms with Crippen LogP contribution in [0.2, 0.25) is 0 Å². The minimum atomic E-state index is -3.23. The summed E-state index contributed by atoms with van der Waals surface area (Å²) < 4.78 is 24.2. The highest BCUT2D eigenvalue weighted by atomic mass is 32.2. The Morgan fingerprint density at radius 3 is 2.47 bits per heavy atom.